The summed E-state index contributed by atoms with van der Waals surface area (Å²) in [5.41, 5.74) is 2.45. The molecule has 1 aliphatic rings. The van der Waals surface area contributed by atoms with Crippen molar-refractivity contribution >= 4 is 29.3 Å². The van der Waals surface area contributed by atoms with E-state index in [1.54, 1.807) is 6.07 Å². The number of rotatable bonds is 1. The molecule has 1 heterocycles. The van der Waals surface area contributed by atoms with Gasteiger partial charge in [-0.05, 0) is 30.7 Å². The maximum absolute atomic E-state index is 6.06. The summed E-state index contributed by atoms with van der Waals surface area (Å²) in [5, 5.41) is 4.69. The Hall–Kier alpha value is -0.500. The van der Waals surface area contributed by atoms with Gasteiger partial charge in [-0.25, -0.2) is 0 Å². The van der Waals surface area contributed by atoms with Gasteiger partial charge in [-0.1, -0.05) is 40.9 Å². The maximum Gasteiger partial charge on any atom is 0.0493 e. The molecular formula is C11H11Cl2N. The van der Waals surface area contributed by atoms with Gasteiger partial charge in [-0.15, -0.1) is 0 Å². The fourth-order valence-corrected chi connectivity index (χ4v) is 2.01. The topological polar surface area (TPSA) is 12.0 Å². The average molecular weight is 228 g/mol. The number of benzene rings is 1. The molecule has 0 amide bonds. The summed E-state index contributed by atoms with van der Waals surface area (Å²) >= 11 is 11.9. The van der Waals surface area contributed by atoms with Crippen molar-refractivity contribution in [2.75, 3.05) is 13.1 Å². The first kappa shape index (κ1) is 10.0. The molecule has 1 aliphatic heterocycles. The quantitative estimate of drug-likeness (QED) is 0.776. The molecule has 1 aromatic rings. The van der Waals surface area contributed by atoms with Crippen molar-refractivity contribution in [3.8, 4) is 0 Å². The lowest BCUT2D eigenvalue weighted by Crippen LogP contribution is -2.04. The lowest BCUT2D eigenvalue weighted by Gasteiger charge is -2.00. The molecule has 1 saturated heterocycles. The lowest BCUT2D eigenvalue weighted by molar-refractivity contribution is 0.862. The van der Waals surface area contributed by atoms with Crippen molar-refractivity contribution in [1.82, 2.24) is 5.32 Å². The zero-order chi connectivity index (χ0) is 9.97. The Labute approximate surface area is 93.7 Å². The molecule has 0 saturated carbocycles. The first-order chi connectivity index (χ1) is 6.75. The lowest BCUT2D eigenvalue weighted by atomic mass is 10.1. The Morgan fingerprint density at radius 3 is 2.79 bits per heavy atom. The second kappa shape index (κ2) is 4.35. The fourth-order valence-electron chi connectivity index (χ4n) is 1.55. The van der Waals surface area contributed by atoms with Crippen LogP contribution in [0.4, 0.5) is 0 Å². The van der Waals surface area contributed by atoms with E-state index >= 15 is 0 Å². The van der Waals surface area contributed by atoms with Crippen LogP contribution >= 0.6 is 23.2 Å². The third-order valence-electron chi connectivity index (χ3n) is 2.30. The predicted octanol–water partition coefficient (Wildman–Crippen LogP) is 3.37. The first-order valence-electron chi connectivity index (χ1n) is 4.61. The highest BCUT2D eigenvalue weighted by atomic mass is 35.5. The second-order valence-electron chi connectivity index (χ2n) is 3.40. The normalized spacial score (nSPS) is 19.1. The molecule has 0 radical (unpaired) electrons. The summed E-state index contributed by atoms with van der Waals surface area (Å²) < 4.78 is 0. The molecule has 2 rings (SSSR count). The summed E-state index contributed by atoms with van der Waals surface area (Å²) in [6.07, 6.45) is 3.25. The summed E-state index contributed by atoms with van der Waals surface area (Å²) in [4.78, 5) is 0. The minimum absolute atomic E-state index is 0.682. The zero-order valence-electron chi connectivity index (χ0n) is 7.69. The Morgan fingerprint density at radius 1 is 1.29 bits per heavy atom. The van der Waals surface area contributed by atoms with E-state index in [0.717, 1.165) is 30.1 Å². The fraction of sp³-hybridized carbons (Fsp3) is 0.273. The summed E-state index contributed by atoms with van der Waals surface area (Å²) in [5.74, 6) is 0. The third kappa shape index (κ3) is 2.30. The van der Waals surface area contributed by atoms with Crippen molar-refractivity contribution in [1.29, 1.82) is 0 Å². The van der Waals surface area contributed by atoms with Gasteiger partial charge in [0.15, 0.2) is 0 Å². The smallest absolute Gasteiger partial charge is 0.0493 e. The van der Waals surface area contributed by atoms with Crippen LogP contribution in [0.25, 0.3) is 6.08 Å². The molecule has 0 spiro atoms. The number of halogens is 2. The van der Waals surface area contributed by atoms with Crippen LogP contribution in [0.2, 0.25) is 10.0 Å². The van der Waals surface area contributed by atoms with E-state index in [4.69, 9.17) is 23.2 Å². The molecule has 1 nitrogen and oxygen atoms in total. The van der Waals surface area contributed by atoms with Crippen LogP contribution in [0.15, 0.2) is 23.8 Å². The van der Waals surface area contributed by atoms with Gasteiger partial charge >= 0.3 is 0 Å². The van der Waals surface area contributed by atoms with Crippen LogP contribution < -0.4 is 5.32 Å². The van der Waals surface area contributed by atoms with Gasteiger partial charge < -0.3 is 5.32 Å². The van der Waals surface area contributed by atoms with Crippen molar-refractivity contribution in [3.05, 3.63) is 39.4 Å². The van der Waals surface area contributed by atoms with E-state index in [1.807, 2.05) is 12.1 Å². The minimum atomic E-state index is 0.682. The predicted molar refractivity (Wildman–Crippen MR) is 61.9 cm³/mol. The third-order valence-corrected chi connectivity index (χ3v) is 2.86. The van der Waals surface area contributed by atoms with Crippen molar-refractivity contribution in [2.24, 2.45) is 0 Å². The molecule has 74 valence electrons. The van der Waals surface area contributed by atoms with E-state index in [9.17, 15) is 0 Å². The summed E-state index contributed by atoms with van der Waals surface area (Å²) in [7, 11) is 0. The van der Waals surface area contributed by atoms with Crippen LogP contribution in [-0.4, -0.2) is 13.1 Å². The van der Waals surface area contributed by atoms with Crippen LogP contribution in [-0.2, 0) is 0 Å². The maximum atomic E-state index is 6.06. The number of hydrogen-bond donors (Lipinski definition) is 1. The SMILES string of the molecule is Clc1ccc(C=C2CCNC2)c(Cl)c1. The van der Waals surface area contributed by atoms with Gasteiger partial charge in [0.25, 0.3) is 0 Å². The van der Waals surface area contributed by atoms with Gasteiger partial charge in [-0.3, -0.25) is 0 Å². The van der Waals surface area contributed by atoms with Crippen molar-refractivity contribution < 1.29 is 0 Å². The molecule has 0 atom stereocenters. The van der Waals surface area contributed by atoms with Crippen LogP contribution in [0.5, 0.6) is 0 Å². The highest BCUT2D eigenvalue weighted by Crippen LogP contribution is 2.24. The van der Waals surface area contributed by atoms with Crippen LogP contribution in [0.3, 0.4) is 0 Å². The molecule has 3 heteroatoms. The van der Waals surface area contributed by atoms with Crippen LogP contribution in [0.1, 0.15) is 12.0 Å². The van der Waals surface area contributed by atoms with E-state index < -0.39 is 0 Å². The van der Waals surface area contributed by atoms with E-state index in [0.29, 0.717) is 5.02 Å². The minimum Gasteiger partial charge on any atom is -0.313 e. The Morgan fingerprint density at radius 2 is 2.14 bits per heavy atom. The number of hydrogen-bond acceptors (Lipinski definition) is 1. The second-order valence-corrected chi connectivity index (χ2v) is 4.24. The molecule has 0 aromatic heterocycles. The van der Waals surface area contributed by atoms with Gasteiger partial charge in [0.05, 0.1) is 0 Å². The van der Waals surface area contributed by atoms with Gasteiger partial charge in [0.2, 0.25) is 0 Å². The largest absolute Gasteiger partial charge is 0.313 e. The van der Waals surface area contributed by atoms with Crippen molar-refractivity contribution in [3.63, 3.8) is 0 Å². The van der Waals surface area contributed by atoms with E-state index in [2.05, 4.69) is 11.4 Å². The zero-order valence-corrected chi connectivity index (χ0v) is 9.20. The Balaban J connectivity index is 2.28. The van der Waals surface area contributed by atoms with E-state index in [-0.39, 0.29) is 0 Å². The first-order valence-corrected chi connectivity index (χ1v) is 5.36. The molecule has 0 unspecified atom stereocenters. The molecule has 0 aliphatic carbocycles. The summed E-state index contributed by atoms with van der Waals surface area (Å²) in [6, 6.07) is 5.59. The van der Waals surface area contributed by atoms with Crippen LogP contribution in [0, 0.1) is 0 Å². The Kier molecular flexibility index (Phi) is 3.12. The molecule has 1 N–H and O–H groups in total. The van der Waals surface area contributed by atoms with Gasteiger partial charge in [0.1, 0.15) is 0 Å². The van der Waals surface area contributed by atoms with Gasteiger partial charge in [-0.2, -0.15) is 0 Å². The molecular weight excluding hydrogens is 217 g/mol. The van der Waals surface area contributed by atoms with Crippen molar-refractivity contribution in [2.45, 2.75) is 6.42 Å². The molecule has 0 bridgehead atoms. The monoisotopic (exact) mass is 227 g/mol. The highest BCUT2D eigenvalue weighted by Gasteiger charge is 2.06. The molecule has 14 heavy (non-hydrogen) atoms. The molecule has 1 aromatic carbocycles. The van der Waals surface area contributed by atoms with Gasteiger partial charge in [0, 0.05) is 16.6 Å². The average Bonchev–Trinajstić information content (AvgIpc) is 2.62. The number of nitrogens with one attached hydrogen (secondary N) is 1. The standard InChI is InChI=1S/C11H11Cl2N/c12-10-2-1-9(11(13)6-10)5-8-3-4-14-7-8/h1-2,5-6,14H,3-4,7H2. The highest BCUT2D eigenvalue weighted by molar-refractivity contribution is 6.35. The Bertz CT molecular complexity index is 364. The summed E-state index contributed by atoms with van der Waals surface area (Å²) in [6.45, 7) is 2.04. The van der Waals surface area contributed by atoms with E-state index in [1.165, 1.54) is 5.57 Å². The molecule has 1 fully saturated rings.